The van der Waals surface area contributed by atoms with Crippen molar-refractivity contribution < 1.29 is 35.7 Å². The maximum absolute atomic E-state index is 11.6. The zero-order chi connectivity index (χ0) is 16.0. The summed E-state index contributed by atoms with van der Waals surface area (Å²) >= 11 is 0. The van der Waals surface area contributed by atoms with Crippen LogP contribution >= 0.6 is 0 Å². The van der Waals surface area contributed by atoms with Crippen molar-refractivity contribution in [3.05, 3.63) is 35.9 Å². The van der Waals surface area contributed by atoms with Gasteiger partial charge in [-0.05, 0) is 0 Å². The van der Waals surface area contributed by atoms with Gasteiger partial charge in [0.05, 0.1) is 6.61 Å². The van der Waals surface area contributed by atoms with Gasteiger partial charge in [0, 0.05) is 12.7 Å². The summed E-state index contributed by atoms with van der Waals surface area (Å²) in [4.78, 5) is 0. The third-order valence-electron chi connectivity index (χ3n) is 4.05. The molecule has 0 radical (unpaired) electrons. The molecule has 0 unspecified atom stereocenters. The van der Waals surface area contributed by atoms with Gasteiger partial charge in [-0.15, -0.1) is 0 Å². The summed E-state index contributed by atoms with van der Waals surface area (Å²) in [5.74, 6) is 0. The third kappa shape index (κ3) is 2.78. The first-order valence-corrected chi connectivity index (χ1v) is 8.52. The van der Waals surface area contributed by atoms with E-state index in [2.05, 4.69) is 0 Å². The van der Waals surface area contributed by atoms with Gasteiger partial charge < -0.3 is 18.9 Å². The summed E-state index contributed by atoms with van der Waals surface area (Å²) in [5, 5.41) is 0. The normalized spacial score (nSPS) is 42.0. The summed E-state index contributed by atoms with van der Waals surface area (Å²) in [6.45, 7) is 0.233. The van der Waals surface area contributed by atoms with Crippen molar-refractivity contribution in [3.8, 4) is 0 Å². The summed E-state index contributed by atoms with van der Waals surface area (Å²) in [7, 11) is -2.67. The molecular formula is C14H16O8S. The molecule has 0 amide bonds. The molecule has 0 spiro atoms. The largest absolute Gasteiger partial charge is 0.400 e. The molecule has 23 heavy (non-hydrogen) atoms. The summed E-state index contributed by atoms with van der Waals surface area (Å²) in [6, 6.07) is 9.36. The Kier molecular flexibility index (Phi) is 3.88. The number of benzene rings is 1. The Hall–Kier alpha value is -1.07. The second kappa shape index (κ2) is 5.78. The maximum atomic E-state index is 11.6. The van der Waals surface area contributed by atoms with Gasteiger partial charge in [-0.25, -0.2) is 8.37 Å². The second-order valence-corrected chi connectivity index (χ2v) is 6.69. The van der Waals surface area contributed by atoms with Crippen molar-refractivity contribution in [1.29, 1.82) is 0 Å². The SMILES string of the molecule is CO[C@@H]1O[C@@H]2CO[C@@H](c3ccccc3)O[C@H]2[C@@H]2OS(=O)(=O)O[C@H]12. The number of ether oxygens (including phenoxy) is 4. The first-order chi connectivity index (χ1) is 11.1. The smallest absolute Gasteiger partial charge is 0.353 e. The molecule has 8 nitrogen and oxygen atoms in total. The van der Waals surface area contributed by atoms with Gasteiger partial charge in [0.25, 0.3) is 0 Å². The highest BCUT2D eigenvalue weighted by atomic mass is 32.3. The predicted molar refractivity (Wildman–Crippen MR) is 74.3 cm³/mol. The molecule has 0 bridgehead atoms. The van der Waals surface area contributed by atoms with Crippen LogP contribution in [0.3, 0.4) is 0 Å². The van der Waals surface area contributed by atoms with E-state index in [1.807, 2.05) is 30.3 Å². The van der Waals surface area contributed by atoms with Crippen molar-refractivity contribution in [1.82, 2.24) is 0 Å². The van der Waals surface area contributed by atoms with E-state index in [-0.39, 0.29) is 6.61 Å². The predicted octanol–water partition coefficient (Wildman–Crippen LogP) is 0.501. The van der Waals surface area contributed by atoms with E-state index in [0.717, 1.165) is 5.56 Å². The van der Waals surface area contributed by atoms with Crippen LogP contribution in [0.4, 0.5) is 0 Å². The van der Waals surface area contributed by atoms with Gasteiger partial charge in [0.1, 0.15) is 18.3 Å². The molecule has 6 atom stereocenters. The molecule has 0 aromatic heterocycles. The fourth-order valence-corrected chi connectivity index (χ4v) is 4.03. The van der Waals surface area contributed by atoms with E-state index in [0.29, 0.717) is 0 Å². The summed E-state index contributed by atoms with van der Waals surface area (Å²) < 4.78 is 55.7. The lowest BCUT2D eigenvalue weighted by Gasteiger charge is -2.44. The molecule has 9 heteroatoms. The van der Waals surface area contributed by atoms with Gasteiger partial charge in [-0.1, -0.05) is 30.3 Å². The first-order valence-electron chi connectivity index (χ1n) is 7.19. The van der Waals surface area contributed by atoms with Crippen LogP contribution in [0.2, 0.25) is 0 Å². The maximum Gasteiger partial charge on any atom is 0.400 e. The standard InChI is InChI=1S/C14H16O8S/c1-17-14-12-11(21-23(15,16)22-12)10-9(19-14)7-18-13(20-10)8-5-3-2-4-6-8/h2-6,9-14H,7H2,1H3/t9-,10-,11+,12+,13-,14-/m1/s1. The van der Waals surface area contributed by atoms with E-state index >= 15 is 0 Å². The Morgan fingerprint density at radius 3 is 2.52 bits per heavy atom. The molecule has 0 saturated carbocycles. The number of hydrogen-bond donors (Lipinski definition) is 0. The number of hydrogen-bond acceptors (Lipinski definition) is 8. The van der Waals surface area contributed by atoms with Crippen LogP contribution in [-0.2, 0) is 37.7 Å². The average Bonchev–Trinajstić information content (AvgIpc) is 2.90. The van der Waals surface area contributed by atoms with Crippen LogP contribution in [0.15, 0.2) is 30.3 Å². The van der Waals surface area contributed by atoms with E-state index in [4.69, 9.17) is 27.3 Å². The van der Waals surface area contributed by atoms with Crippen LogP contribution in [-0.4, -0.2) is 52.8 Å². The Balaban J connectivity index is 1.59. The average molecular weight is 344 g/mol. The van der Waals surface area contributed by atoms with Crippen LogP contribution in [0, 0.1) is 0 Å². The molecule has 3 aliphatic rings. The van der Waals surface area contributed by atoms with Crippen molar-refractivity contribution >= 4 is 10.4 Å². The molecule has 0 N–H and O–H groups in total. The van der Waals surface area contributed by atoms with Crippen molar-refractivity contribution in [2.75, 3.05) is 13.7 Å². The minimum absolute atomic E-state index is 0.233. The molecule has 0 aliphatic carbocycles. The monoisotopic (exact) mass is 344 g/mol. The van der Waals surface area contributed by atoms with E-state index in [1.165, 1.54) is 7.11 Å². The first kappa shape index (κ1) is 15.5. The highest BCUT2D eigenvalue weighted by Gasteiger charge is 2.58. The molecular weight excluding hydrogens is 328 g/mol. The van der Waals surface area contributed by atoms with Crippen LogP contribution in [0.1, 0.15) is 11.9 Å². The van der Waals surface area contributed by atoms with Crippen LogP contribution in [0.5, 0.6) is 0 Å². The third-order valence-corrected chi connectivity index (χ3v) is 4.96. The summed E-state index contributed by atoms with van der Waals surface area (Å²) in [6.07, 6.45) is -4.35. The lowest BCUT2D eigenvalue weighted by Crippen LogP contribution is -2.61. The van der Waals surface area contributed by atoms with Crippen molar-refractivity contribution in [2.24, 2.45) is 0 Å². The van der Waals surface area contributed by atoms with E-state index in [1.54, 1.807) is 0 Å². The number of methoxy groups -OCH3 is 1. The molecule has 3 fully saturated rings. The Bertz CT molecular complexity index is 663. The van der Waals surface area contributed by atoms with Crippen molar-refractivity contribution in [2.45, 2.75) is 37.0 Å². The van der Waals surface area contributed by atoms with E-state index < -0.39 is 47.4 Å². The van der Waals surface area contributed by atoms with Crippen LogP contribution in [0.25, 0.3) is 0 Å². The number of rotatable bonds is 2. The fraction of sp³-hybridized carbons (Fsp3) is 0.571. The molecule has 3 saturated heterocycles. The lowest BCUT2D eigenvalue weighted by atomic mass is 9.98. The lowest BCUT2D eigenvalue weighted by molar-refractivity contribution is -0.343. The molecule has 126 valence electrons. The fourth-order valence-electron chi connectivity index (χ4n) is 3.02. The highest BCUT2D eigenvalue weighted by molar-refractivity contribution is 7.82. The molecule has 1 aromatic carbocycles. The Morgan fingerprint density at radius 1 is 1.04 bits per heavy atom. The summed E-state index contributed by atoms with van der Waals surface area (Å²) in [5.41, 5.74) is 0.832. The molecule has 3 heterocycles. The van der Waals surface area contributed by atoms with Gasteiger partial charge >= 0.3 is 10.4 Å². The Labute approximate surface area is 133 Å². The van der Waals surface area contributed by atoms with Gasteiger partial charge in [-0.3, -0.25) is 0 Å². The second-order valence-electron chi connectivity index (χ2n) is 5.49. The minimum Gasteiger partial charge on any atom is -0.353 e. The molecule has 1 aromatic rings. The zero-order valence-electron chi connectivity index (χ0n) is 12.2. The topological polar surface area (TPSA) is 89.5 Å². The highest BCUT2D eigenvalue weighted by Crippen LogP contribution is 2.40. The number of fused-ring (bicyclic) bond motifs is 3. The van der Waals surface area contributed by atoms with Gasteiger partial charge in [0.2, 0.25) is 0 Å². The van der Waals surface area contributed by atoms with E-state index in [9.17, 15) is 8.42 Å². The zero-order valence-corrected chi connectivity index (χ0v) is 13.0. The van der Waals surface area contributed by atoms with Crippen LogP contribution < -0.4 is 0 Å². The van der Waals surface area contributed by atoms with Crippen molar-refractivity contribution in [3.63, 3.8) is 0 Å². The molecule has 4 rings (SSSR count). The quantitative estimate of drug-likeness (QED) is 0.766. The minimum atomic E-state index is -4.09. The molecule has 3 aliphatic heterocycles. The Morgan fingerprint density at radius 2 is 1.78 bits per heavy atom. The van der Waals surface area contributed by atoms with Gasteiger partial charge in [-0.2, -0.15) is 8.42 Å². The van der Waals surface area contributed by atoms with Gasteiger partial charge in [0.15, 0.2) is 18.7 Å².